The number of ether oxygens (including phenoxy) is 1. The maximum absolute atomic E-state index is 13.3. The van der Waals surface area contributed by atoms with Crippen molar-refractivity contribution in [3.8, 4) is 0 Å². The Morgan fingerprint density at radius 2 is 1.86 bits per heavy atom. The van der Waals surface area contributed by atoms with Crippen molar-refractivity contribution in [3.05, 3.63) is 102 Å². The summed E-state index contributed by atoms with van der Waals surface area (Å²) in [6.07, 6.45) is 4.89. The van der Waals surface area contributed by atoms with Crippen LogP contribution in [0.3, 0.4) is 0 Å². The number of aliphatic hydroxyl groups is 1. The van der Waals surface area contributed by atoms with Gasteiger partial charge in [-0.15, -0.1) is 0 Å². The molecule has 5 rings (SSSR count). The lowest BCUT2D eigenvalue weighted by Gasteiger charge is -2.25. The molecule has 1 aliphatic heterocycles. The van der Waals surface area contributed by atoms with Crippen molar-refractivity contribution in [2.24, 2.45) is 0 Å². The van der Waals surface area contributed by atoms with Crippen molar-refractivity contribution >= 4 is 40.0 Å². The molecule has 0 spiro atoms. The molecule has 3 heterocycles. The minimum Gasteiger partial charge on any atom is -0.507 e. The molecule has 0 bridgehead atoms. The van der Waals surface area contributed by atoms with E-state index in [0.29, 0.717) is 29.0 Å². The number of H-pyrrole nitrogens is 1. The first-order valence-corrected chi connectivity index (χ1v) is 11.5. The lowest BCUT2D eigenvalue weighted by Crippen LogP contribution is -2.29. The summed E-state index contributed by atoms with van der Waals surface area (Å²) in [5, 5.41) is 12.1. The number of ketones is 1. The molecule has 36 heavy (non-hydrogen) atoms. The summed E-state index contributed by atoms with van der Waals surface area (Å²) in [7, 11) is 0. The highest BCUT2D eigenvalue weighted by Crippen LogP contribution is 2.42. The van der Waals surface area contributed by atoms with Gasteiger partial charge in [0, 0.05) is 40.7 Å². The number of anilines is 1. The summed E-state index contributed by atoms with van der Waals surface area (Å²) >= 11 is 0. The number of aliphatic hydroxyl groups excluding tert-OH is 1. The fourth-order valence-electron chi connectivity index (χ4n) is 4.52. The number of rotatable bonds is 6. The van der Waals surface area contributed by atoms with E-state index in [1.54, 1.807) is 61.9 Å². The number of nitrogens with zero attached hydrogens (tertiary/aromatic N) is 2. The van der Waals surface area contributed by atoms with E-state index in [9.17, 15) is 19.5 Å². The van der Waals surface area contributed by atoms with Crippen LogP contribution in [0.15, 0.2) is 84.8 Å². The molecule has 0 radical (unpaired) electrons. The third-order valence-electron chi connectivity index (χ3n) is 6.16. The Morgan fingerprint density at radius 1 is 1.08 bits per heavy atom. The predicted molar refractivity (Wildman–Crippen MR) is 134 cm³/mol. The second-order valence-corrected chi connectivity index (χ2v) is 8.35. The third-order valence-corrected chi connectivity index (χ3v) is 6.16. The molecule has 1 unspecified atom stereocenters. The van der Waals surface area contributed by atoms with E-state index in [-0.39, 0.29) is 23.7 Å². The number of aromatic nitrogens is 2. The number of fused-ring (bicyclic) bond motifs is 1. The molecule has 1 fully saturated rings. The number of Topliss-reactive ketones (excluding diaryl/α,β-unsaturated/α-hetero) is 1. The minimum atomic E-state index is -0.886. The molecule has 0 aliphatic carbocycles. The van der Waals surface area contributed by atoms with E-state index >= 15 is 0 Å². The zero-order valence-corrected chi connectivity index (χ0v) is 19.5. The fraction of sp³-hybridized carbons (Fsp3) is 0.143. The normalized spacial score (nSPS) is 17.0. The largest absolute Gasteiger partial charge is 0.507 e. The summed E-state index contributed by atoms with van der Waals surface area (Å²) < 4.78 is 5.00. The van der Waals surface area contributed by atoms with Crippen LogP contribution >= 0.6 is 0 Å². The number of nitrogens with one attached hydrogen (secondary N) is 1. The Hall–Kier alpha value is -4.72. The predicted octanol–water partition coefficient (Wildman–Crippen LogP) is 4.29. The van der Waals surface area contributed by atoms with Gasteiger partial charge in [0.2, 0.25) is 0 Å². The molecule has 8 heteroatoms. The van der Waals surface area contributed by atoms with Crippen molar-refractivity contribution in [1.82, 2.24) is 9.97 Å². The van der Waals surface area contributed by atoms with Crippen molar-refractivity contribution in [1.29, 1.82) is 0 Å². The van der Waals surface area contributed by atoms with E-state index in [0.717, 1.165) is 10.9 Å². The number of esters is 1. The van der Waals surface area contributed by atoms with E-state index in [4.69, 9.17) is 4.74 Å². The molecule has 1 saturated heterocycles. The van der Waals surface area contributed by atoms with Crippen LogP contribution in [0.4, 0.5) is 5.69 Å². The monoisotopic (exact) mass is 481 g/mol. The zero-order valence-electron chi connectivity index (χ0n) is 19.5. The van der Waals surface area contributed by atoms with Crippen LogP contribution in [-0.4, -0.2) is 39.3 Å². The molecule has 1 amide bonds. The Kier molecular flexibility index (Phi) is 6.08. The smallest absolute Gasteiger partial charge is 0.310 e. The molecule has 180 valence electrons. The van der Waals surface area contributed by atoms with Crippen LogP contribution in [0.1, 0.15) is 29.7 Å². The highest BCUT2D eigenvalue weighted by Gasteiger charge is 2.47. The number of amides is 1. The van der Waals surface area contributed by atoms with Gasteiger partial charge < -0.3 is 14.8 Å². The molecular formula is C28H23N3O5. The topological polar surface area (TPSA) is 113 Å². The quantitative estimate of drug-likeness (QED) is 0.184. The maximum atomic E-state index is 13.3. The lowest BCUT2D eigenvalue weighted by molar-refractivity contribution is -0.142. The SMILES string of the molecule is CCOC(=O)Cc1ccc(N2C(=O)C(=O)/C(=C(\O)c3c[nH]c4ccccc34)C2c2cccnc2)cc1. The molecule has 2 N–H and O–H groups in total. The summed E-state index contributed by atoms with van der Waals surface area (Å²) in [6.45, 7) is 2.04. The van der Waals surface area contributed by atoms with Gasteiger partial charge in [-0.25, -0.2) is 0 Å². The highest BCUT2D eigenvalue weighted by atomic mass is 16.5. The Labute approximate surface area is 206 Å². The van der Waals surface area contributed by atoms with Gasteiger partial charge in [0.25, 0.3) is 11.7 Å². The Balaban J connectivity index is 1.61. The molecule has 2 aromatic heterocycles. The van der Waals surface area contributed by atoms with Crippen molar-refractivity contribution in [3.63, 3.8) is 0 Å². The second kappa shape index (κ2) is 9.50. The number of aromatic amines is 1. The van der Waals surface area contributed by atoms with Gasteiger partial charge in [0.1, 0.15) is 5.76 Å². The average Bonchev–Trinajstić information content (AvgIpc) is 3.44. The van der Waals surface area contributed by atoms with Crippen molar-refractivity contribution < 1.29 is 24.2 Å². The van der Waals surface area contributed by atoms with Gasteiger partial charge in [0.05, 0.1) is 24.6 Å². The van der Waals surface area contributed by atoms with Crippen molar-refractivity contribution in [2.75, 3.05) is 11.5 Å². The molecule has 1 aliphatic rings. The lowest BCUT2D eigenvalue weighted by atomic mass is 9.96. The standard InChI is InChI=1S/C28H23N3O5/c1-2-36-23(32)14-17-9-11-19(12-10-17)31-25(18-6-5-13-29-15-18)24(27(34)28(31)35)26(33)21-16-30-22-8-4-3-7-20(21)22/h3-13,15-16,25,30,33H,2,14H2,1H3/b26-24-. The highest BCUT2D eigenvalue weighted by molar-refractivity contribution is 6.51. The number of para-hydroxylation sites is 1. The number of hydrogen-bond donors (Lipinski definition) is 2. The van der Waals surface area contributed by atoms with Gasteiger partial charge in [-0.3, -0.25) is 24.3 Å². The number of carbonyl (C=O) groups is 3. The van der Waals surface area contributed by atoms with E-state index in [1.165, 1.54) is 4.90 Å². The van der Waals surface area contributed by atoms with Gasteiger partial charge in [-0.2, -0.15) is 0 Å². The summed E-state index contributed by atoms with van der Waals surface area (Å²) in [6, 6.07) is 16.8. The molecule has 2 aromatic carbocycles. The number of benzene rings is 2. The van der Waals surface area contributed by atoms with Crippen LogP contribution in [0.2, 0.25) is 0 Å². The van der Waals surface area contributed by atoms with E-state index in [2.05, 4.69) is 9.97 Å². The first-order chi connectivity index (χ1) is 17.5. The van der Waals surface area contributed by atoms with Crippen LogP contribution in [0, 0.1) is 0 Å². The minimum absolute atomic E-state index is 0.0200. The second-order valence-electron chi connectivity index (χ2n) is 8.35. The number of pyridine rings is 1. The fourth-order valence-corrected chi connectivity index (χ4v) is 4.52. The third kappa shape index (κ3) is 4.02. The van der Waals surface area contributed by atoms with Gasteiger partial charge >= 0.3 is 5.97 Å². The first-order valence-electron chi connectivity index (χ1n) is 11.5. The summed E-state index contributed by atoms with van der Waals surface area (Å²) in [4.78, 5) is 47.1. The number of hydrogen-bond acceptors (Lipinski definition) is 6. The molecule has 0 saturated carbocycles. The zero-order chi connectivity index (χ0) is 25.2. The molecule has 1 atom stereocenters. The summed E-state index contributed by atoms with van der Waals surface area (Å²) in [5.74, 6) is -2.16. The molecular weight excluding hydrogens is 458 g/mol. The van der Waals surface area contributed by atoms with Crippen LogP contribution in [-0.2, 0) is 25.5 Å². The Morgan fingerprint density at radius 3 is 2.58 bits per heavy atom. The summed E-state index contributed by atoms with van der Waals surface area (Å²) in [5.41, 5.74) is 2.95. The van der Waals surface area contributed by atoms with Crippen LogP contribution < -0.4 is 4.90 Å². The van der Waals surface area contributed by atoms with Gasteiger partial charge in [0.15, 0.2) is 0 Å². The van der Waals surface area contributed by atoms with Crippen LogP contribution in [0.5, 0.6) is 0 Å². The van der Waals surface area contributed by atoms with Gasteiger partial charge in [-0.1, -0.05) is 36.4 Å². The van der Waals surface area contributed by atoms with Gasteiger partial charge in [-0.05, 0) is 42.3 Å². The molecule has 4 aromatic rings. The van der Waals surface area contributed by atoms with E-state index in [1.807, 2.05) is 24.3 Å². The Bertz CT molecular complexity index is 1490. The van der Waals surface area contributed by atoms with Crippen LogP contribution in [0.25, 0.3) is 16.7 Å². The maximum Gasteiger partial charge on any atom is 0.310 e. The van der Waals surface area contributed by atoms with E-state index < -0.39 is 17.7 Å². The average molecular weight is 482 g/mol. The first kappa shape index (κ1) is 23.0. The molecule has 8 nitrogen and oxygen atoms in total. The van der Waals surface area contributed by atoms with Crippen molar-refractivity contribution in [2.45, 2.75) is 19.4 Å². The number of carbonyl (C=O) groups excluding carboxylic acids is 3.